The summed E-state index contributed by atoms with van der Waals surface area (Å²) in [5.74, 6) is 1.02. The Hall–Kier alpha value is -1.56. The molecule has 1 unspecified atom stereocenters. The zero-order valence-corrected chi connectivity index (χ0v) is 13.2. The topological polar surface area (TPSA) is 63.7 Å². The van der Waals surface area contributed by atoms with Crippen LogP contribution in [0.2, 0.25) is 0 Å². The van der Waals surface area contributed by atoms with Gasteiger partial charge in [-0.15, -0.1) is 0 Å². The SMILES string of the molecule is CC1CCCN(C(=O)COc2ccc(S(C)(=O)=O)cc2)C1. The molecule has 1 aromatic rings. The Morgan fingerprint density at radius 3 is 2.57 bits per heavy atom. The zero-order valence-electron chi connectivity index (χ0n) is 12.4. The molecule has 1 saturated heterocycles. The summed E-state index contributed by atoms with van der Waals surface area (Å²) in [4.78, 5) is 14.1. The molecular formula is C15H21NO4S. The Kier molecular flexibility index (Phi) is 4.88. The molecule has 0 saturated carbocycles. The van der Waals surface area contributed by atoms with E-state index in [9.17, 15) is 13.2 Å². The number of carbonyl (C=O) groups is 1. The summed E-state index contributed by atoms with van der Waals surface area (Å²) in [6.07, 6.45) is 3.36. The van der Waals surface area contributed by atoms with E-state index in [2.05, 4.69) is 6.92 Å². The number of nitrogens with zero attached hydrogens (tertiary/aromatic N) is 1. The first kappa shape index (κ1) is 15.8. The van der Waals surface area contributed by atoms with Crippen molar-refractivity contribution in [2.24, 2.45) is 5.92 Å². The van der Waals surface area contributed by atoms with Crippen LogP contribution in [0.15, 0.2) is 29.2 Å². The van der Waals surface area contributed by atoms with Gasteiger partial charge in [0, 0.05) is 19.3 Å². The minimum Gasteiger partial charge on any atom is -0.484 e. The molecule has 0 radical (unpaired) electrons. The van der Waals surface area contributed by atoms with Crippen LogP contribution in [0, 0.1) is 5.92 Å². The third kappa shape index (κ3) is 4.46. The number of benzene rings is 1. The van der Waals surface area contributed by atoms with E-state index in [1.165, 1.54) is 12.1 Å². The number of sulfone groups is 1. The van der Waals surface area contributed by atoms with Crippen LogP contribution in [0.4, 0.5) is 0 Å². The summed E-state index contributed by atoms with van der Waals surface area (Å²) in [6.45, 7) is 3.71. The summed E-state index contributed by atoms with van der Waals surface area (Å²) < 4.78 is 28.1. The predicted molar refractivity (Wildman–Crippen MR) is 80.0 cm³/mol. The molecule has 21 heavy (non-hydrogen) atoms. The third-order valence-electron chi connectivity index (χ3n) is 3.62. The highest BCUT2D eigenvalue weighted by Gasteiger charge is 2.21. The van der Waals surface area contributed by atoms with Crippen molar-refractivity contribution in [1.82, 2.24) is 4.90 Å². The standard InChI is InChI=1S/C15H21NO4S/c1-12-4-3-9-16(10-12)15(17)11-20-13-5-7-14(8-6-13)21(2,18)19/h5-8,12H,3-4,9-11H2,1-2H3. The largest absolute Gasteiger partial charge is 0.484 e. The summed E-state index contributed by atoms with van der Waals surface area (Å²) in [6, 6.07) is 6.11. The molecule has 0 spiro atoms. The Bertz CT molecular complexity index is 595. The van der Waals surface area contributed by atoms with E-state index in [0.717, 1.165) is 32.2 Å². The highest BCUT2D eigenvalue weighted by Crippen LogP contribution is 2.17. The lowest BCUT2D eigenvalue weighted by atomic mass is 10.0. The smallest absolute Gasteiger partial charge is 0.260 e. The first-order valence-electron chi connectivity index (χ1n) is 7.07. The fourth-order valence-electron chi connectivity index (χ4n) is 2.44. The molecular weight excluding hydrogens is 290 g/mol. The fraction of sp³-hybridized carbons (Fsp3) is 0.533. The summed E-state index contributed by atoms with van der Waals surface area (Å²) in [7, 11) is -3.20. The number of rotatable bonds is 4. The number of hydrogen-bond donors (Lipinski definition) is 0. The summed E-state index contributed by atoms with van der Waals surface area (Å²) in [5.41, 5.74) is 0. The van der Waals surface area contributed by atoms with Gasteiger partial charge < -0.3 is 9.64 Å². The summed E-state index contributed by atoms with van der Waals surface area (Å²) in [5, 5.41) is 0. The Labute approximate surface area is 125 Å². The average Bonchev–Trinajstić information content (AvgIpc) is 2.44. The van der Waals surface area contributed by atoms with Gasteiger partial charge in [-0.2, -0.15) is 0 Å². The van der Waals surface area contributed by atoms with Gasteiger partial charge in [-0.1, -0.05) is 6.92 Å². The van der Waals surface area contributed by atoms with Crippen molar-refractivity contribution in [3.05, 3.63) is 24.3 Å². The Balaban J connectivity index is 1.89. The van der Waals surface area contributed by atoms with Crippen LogP contribution >= 0.6 is 0 Å². The van der Waals surface area contributed by atoms with Gasteiger partial charge in [0.25, 0.3) is 5.91 Å². The van der Waals surface area contributed by atoms with Crippen LogP contribution in [-0.2, 0) is 14.6 Å². The predicted octanol–water partition coefficient (Wildman–Crippen LogP) is 1.73. The van der Waals surface area contributed by atoms with E-state index >= 15 is 0 Å². The number of amides is 1. The summed E-state index contributed by atoms with van der Waals surface area (Å²) >= 11 is 0. The van der Waals surface area contributed by atoms with Gasteiger partial charge in [0.15, 0.2) is 16.4 Å². The van der Waals surface area contributed by atoms with E-state index < -0.39 is 9.84 Å². The van der Waals surface area contributed by atoms with Crippen molar-refractivity contribution in [3.63, 3.8) is 0 Å². The molecule has 1 aliphatic rings. The van der Waals surface area contributed by atoms with E-state index in [-0.39, 0.29) is 17.4 Å². The molecule has 0 N–H and O–H groups in total. The van der Waals surface area contributed by atoms with Crippen LogP contribution < -0.4 is 4.74 Å². The van der Waals surface area contributed by atoms with E-state index in [1.54, 1.807) is 12.1 Å². The highest BCUT2D eigenvalue weighted by molar-refractivity contribution is 7.90. The quantitative estimate of drug-likeness (QED) is 0.849. The minimum absolute atomic E-state index is 0.00899. The lowest BCUT2D eigenvalue weighted by Gasteiger charge is -2.30. The van der Waals surface area contributed by atoms with Crippen molar-refractivity contribution < 1.29 is 17.9 Å². The van der Waals surface area contributed by atoms with E-state index in [4.69, 9.17) is 4.74 Å². The van der Waals surface area contributed by atoms with Crippen molar-refractivity contribution in [2.45, 2.75) is 24.7 Å². The third-order valence-corrected chi connectivity index (χ3v) is 4.75. The van der Waals surface area contributed by atoms with Crippen LogP contribution in [0.5, 0.6) is 5.75 Å². The van der Waals surface area contributed by atoms with Crippen LogP contribution in [-0.4, -0.2) is 45.2 Å². The number of piperidine rings is 1. The van der Waals surface area contributed by atoms with Gasteiger partial charge in [-0.3, -0.25) is 4.79 Å². The van der Waals surface area contributed by atoms with Gasteiger partial charge in [-0.25, -0.2) is 8.42 Å². The average molecular weight is 311 g/mol. The second-order valence-electron chi connectivity index (χ2n) is 5.62. The minimum atomic E-state index is -3.20. The van der Waals surface area contributed by atoms with Gasteiger partial charge in [0.1, 0.15) is 5.75 Å². The van der Waals surface area contributed by atoms with E-state index in [0.29, 0.717) is 11.7 Å². The van der Waals surface area contributed by atoms with Gasteiger partial charge in [-0.05, 0) is 43.0 Å². The fourth-order valence-corrected chi connectivity index (χ4v) is 3.07. The number of hydrogen-bond acceptors (Lipinski definition) is 4. The molecule has 1 aliphatic heterocycles. The highest BCUT2D eigenvalue weighted by atomic mass is 32.2. The number of ether oxygens (including phenoxy) is 1. The molecule has 1 atom stereocenters. The number of likely N-dealkylation sites (tertiary alicyclic amines) is 1. The van der Waals surface area contributed by atoms with Crippen LogP contribution in [0.3, 0.4) is 0 Å². The molecule has 0 aromatic heterocycles. The second kappa shape index (κ2) is 6.47. The maximum Gasteiger partial charge on any atom is 0.260 e. The molecule has 2 rings (SSSR count). The molecule has 6 heteroatoms. The monoisotopic (exact) mass is 311 g/mol. The molecule has 1 fully saturated rings. The Morgan fingerprint density at radius 1 is 1.33 bits per heavy atom. The lowest BCUT2D eigenvalue weighted by molar-refractivity contribution is -0.135. The first-order valence-corrected chi connectivity index (χ1v) is 8.96. The first-order chi connectivity index (χ1) is 9.86. The molecule has 0 aliphatic carbocycles. The molecule has 5 nitrogen and oxygen atoms in total. The lowest BCUT2D eigenvalue weighted by Crippen LogP contribution is -2.41. The van der Waals surface area contributed by atoms with Gasteiger partial charge in [0.2, 0.25) is 0 Å². The van der Waals surface area contributed by atoms with E-state index in [1.807, 2.05) is 4.90 Å². The molecule has 0 bridgehead atoms. The van der Waals surface area contributed by atoms with Crippen LogP contribution in [0.1, 0.15) is 19.8 Å². The van der Waals surface area contributed by atoms with Crippen molar-refractivity contribution >= 4 is 15.7 Å². The molecule has 1 aromatic carbocycles. The van der Waals surface area contributed by atoms with Crippen molar-refractivity contribution in [1.29, 1.82) is 0 Å². The Morgan fingerprint density at radius 2 is 2.00 bits per heavy atom. The van der Waals surface area contributed by atoms with Crippen molar-refractivity contribution in [3.8, 4) is 5.75 Å². The van der Waals surface area contributed by atoms with Gasteiger partial charge in [0.05, 0.1) is 4.90 Å². The second-order valence-corrected chi connectivity index (χ2v) is 7.64. The molecule has 116 valence electrons. The van der Waals surface area contributed by atoms with Crippen molar-refractivity contribution in [2.75, 3.05) is 26.0 Å². The zero-order chi connectivity index (χ0) is 15.5. The number of carbonyl (C=O) groups excluding carboxylic acids is 1. The maximum absolute atomic E-state index is 12.0. The molecule has 1 amide bonds. The van der Waals surface area contributed by atoms with Crippen LogP contribution in [0.25, 0.3) is 0 Å². The van der Waals surface area contributed by atoms with Gasteiger partial charge >= 0.3 is 0 Å². The maximum atomic E-state index is 12.0. The normalized spacial score (nSPS) is 19.3. The molecule has 1 heterocycles.